The van der Waals surface area contributed by atoms with E-state index in [2.05, 4.69) is 22.3 Å². The van der Waals surface area contributed by atoms with Crippen LogP contribution in [-0.2, 0) is 4.79 Å². The number of hydrogen-bond acceptors (Lipinski definition) is 5. The molecule has 2 heterocycles. The largest absolute Gasteiger partial charge is 0.396 e. The summed E-state index contributed by atoms with van der Waals surface area (Å²) in [6.07, 6.45) is 3.85. The molecule has 0 aliphatic carbocycles. The van der Waals surface area contributed by atoms with E-state index in [-0.39, 0.29) is 24.5 Å². The summed E-state index contributed by atoms with van der Waals surface area (Å²) in [5.74, 6) is 1.40. The molecule has 2 atom stereocenters. The van der Waals surface area contributed by atoms with Crippen molar-refractivity contribution in [2.24, 2.45) is 5.92 Å². The summed E-state index contributed by atoms with van der Waals surface area (Å²) in [5.41, 5.74) is 0. The van der Waals surface area contributed by atoms with Gasteiger partial charge >= 0.3 is 0 Å². The zero-order valence-corrected chi connectivity index (χ0v) is 12.8. The fourth-order valence-corrected chi connectivity index (χ4v) is 2.81. The van der Waals surface area contributed by atoms with Crippen LogP contribution >= 0.6 is 0 Å². The number of aryl methyl sites for hydroxylation is 1. The molecule has 1 aromatic heterocycles. The topological polar surface area (TPSA) is 78.6 Å². The van der Waals surface area contributed by atoms with Gasteiger partial charge in [0, 0.05) is 19.2 Å². The summed E-state index contributed by atoms with van der Waals surface area (Å²) < 4.78 is 4.97. The summed E-state index contributed by atoms with van der Waals surface area (Å²) in [7, 11) is 0. The lowest BCUT2D eigenvalue weighted by Gasteiger charge is -2.26. The molecule has 1 fully saturated rings. The first-order chi connectivity index (χ1) is 10.1. The van der Waals surface area contributed by atoms with Crippen molar-refractivity contribution in [3.63, 3.8) is 0 Å². The van der Waals surface area contributed by atoms with E-state index in [4.69, 9.17) is 4.52 Å². The van der Waals surface area contributed by atoms with Gasteiger partial charge in [0.2, 0.25) is 5.91 Å². The number of likely N-dealkylation sites (tertiary alicyclic amines) is 1. The summed E-state index contributed by atoms with van der Waals surface area (Å²) in [6, 6.07) is 1.56. The maximum absolute atomic E-state index is 12.5. The molecule has 2 rings (SSSR count). The van der Waals surface area contributed by atoms with Crippen LogP contribution in [0.5, 0.6) is 0 Å². The minimum Gasteiger partial charge on any atom is -0.396 e. The molecule has 0 saturated carbocycles. The molecule has 2 N–H and O–H groups in total. The van der Waals surface area contributed by atoms with Gasteiger partial charge in [-0.05, 0) is 32.2 Å². The quantitative estimate of drug-likeness (QED) is 0.802. The minimum atomic E-state index is -0.154. The van der Waals surface area contributed by atoms with Gasteiger partial charge in [-0.25, -0.2) is 0 Å². The molecular formula is C15H25N3O3. The van der Waals surface area contributed by atoms with E-state index in [1.807, 2.05) is 0 Å². The van der Waals surface area contributed by atoms with Crippen molar-refractivity contribution >= 4 is 11.7 Å². The third-order valence-electron chi connectivity index (χ3n) is 4.03. The zero-order chi connectivity index (χ0) is 15.2. The van der Waals surface area contributed by atoms with Gasteiger partial charge in [-0.15, -0.1) is 0 Å². The average Bonchev–Trinajstić information content (AvgIpc) is 3.08. The fourth-order valence-electron chi connectivity index (χ4n) is 2.81. The zero-order valence-electron chi connectivity index (χ0n) is 12.8. The van der Waals surface area contributed by atoms with Gasteiger partial charge < -0.3 is 14.9 Å². The highest BCUT2D eigenvalue weighted by Crippen LogP contribution is 2.22. The van der Waals surface area contributed by atoms with Gasteiger partial charge in [0.05, 0.1) is 6.04 Å². The summed E-state index contributed by atoms with van der Waals surface area (Å²) in [5, 5.41) is 15.9. The lowest BCUT2D eigenvalue weighted by Crippen LogP contribution is -2.43. The van der Waals surface area contributed by atoms with Crippen LogP contribution in [-0.4, -0.2) is 46.8 Å². The van der Waals surface area contributed by atoms with E-state index in [1.165, 1.54) is 0 Å². The predicted octanol–water partition coefficient (Wildman–Crippen LogP) is 1.79. The Morgan fingerprint density at radius 3 is 3.05 bits per heavy atom. The lowest BCUT2D eigenvalue weighted by atomic mass is 10.1. The van der Waals surface area contributed by atoms with Crippen LogP contribution in [0.1, 0.15) is 38.4 Å². The molecule has 1 aliphatic heterocycles. The second-order valence-corrected chi connectivity index (χ2v) is 5.80. The van der Waals surface area contributed by atoms with E-state index in [9.17, 15) is 9.90 Å². The predicted molar refractivity (Wildman–Crippen MR) is 79.9 cm³/mol. The van der Waals surface area contributed by atoms with E-state index in [0.29, 0.717) is 11.6 Å². The molecule has 21 heavy (non-hydrogen) atoms. The lowest BCUT2D eigenvalue weighted by molar-refractivity contribution is -0.121. The number of carbonyl (C=O) groups is 1. The monoisotopic (exact) mass is 295 g/mol. The number of aliphatic hydroxyl groups excluding tert-OH is 1. The smallest absolute Gasteiger partial charge is 0.242 e. The minimum absolute atomic E-state index is 0.0321. The van der Waals surface area contributed by atoms with E-state index in [1.54, 1.807) is 13.0 Å². The molecule has 1 aromatic rings. The molecular weight excluding hydrogens is 270 g/mol. The van der Waals surface area contributed by atoms with Crippen LogP contribution in [0.2, 0.25) is 0 Å². The van der Waals surface area contributed by atoms with Crippen molar-refractivity contribution < 1.29 is 14.4 Å². The molecule has 6 nitrogen and oxygen atoms in total. The summed E-state index contributed by atoms with van der Waals surface area (Å²) >= 11 is 0. The van der Waals surface area contributed by atoms with Gasteiger partial charge in [0.15, 0.2) is 5.82 Å². The van der Waals surface area contributed by atoms with E-state index >= 15 is 0 Å². The van der Waals surface area contributed by atoms with Gasteiger partial charge in [0.1, 0.15) is 5.76 Å². The van der Waals surface area contributed by atoms with Crippen molar-refractivity contribution in [1.29, 1.82) is 0 Å². The van der Waals surface area contributed by atoms with Crippen LogP contribution in [0.25, 0.3) is 0 Å². The second kappa shape index (κ2) is 7.56. The van der Waals surface area contributed by atoms with Crippen molar-refractivity contribution in [2.45, 2.75) is 45.6 Å². The second-order valence-electron chi connectivity index (χ2n) is 5.80. The number of carbonyl (C=O) groups excluding carboxylic acids is 1. The van der Waals surface area contributed by atoms with Crippen molar-refractivity contribution in [3.05, 3.63) is 11.8 Å². The van der Waals surface area contributed by atoms with Crippen LogP contribution in [0.3, 0.4) is 0 Å². The molecule has 1 saturated heterocycles. The third-order valence-corrected chi connectivity index (χ3v) is 4.03. The van der Waals surface area contributed by atoms with Gasteiger partial charge in [-0.2, -0.15) is 0 Å². The van der Waals surface area contributed by atoms with Crippen molar-refractivity contribution in [1.82, 2.24) is 10.1 Å². The van der Waals surface area contributed by atoms with Crippen LogP contribution in [0, 0.1) is 12.8 Å². The van der Waals surface area contributed by atoms with Crippen molar-refractivity contribution in [3.8, 4) is 0 Å². The number of rotatable bonds is 7. The number of anilines is 1. The van der Waals surface area contributed by atoms with Gasteiger partial charge in [-0.3, -0.25) is 9.69 Å². The molecule has 1 aliphatic rings. The first-order valence-corrected chi connectivity index (χ1v) is 7.73. The Bertz CT molecular complexity index is 461. The molecule has 0 spiro atoms. The molecule has 0 bridgehead atoms. The van der Waals surface area contributed by atoms with Crippen LogP contribution in [0.15, 0.2) is 10.6 Å². The summed E-state index contributed by atoms with van der Waals surface area (Å²) in [6.45, 7) is 5.77. The van der Waals surface area contributed by atoms with Crippen LogP contribution in [0.4, 0.5) is 5.82 Å². The number of aromatic nitrogens is 1. The standard InChI is InChI=1S/C15H25N3O3/c1-3-4-5-13(18-7-6-12(9-18)10-19)15(20)16-14-8-11(2)21-17-14/h8,12-13,19H,3-7,9-10H2,1-2H3,(H,16,17,20). The number of unbranched alkanes of at least 4 members (excludes halogenated alkanes) is 1. The Kier molecular flexibility index (Phi) is 5.76. The number of nitrogens with zero attached hydrogens (tertiary/aromatic N) is 2. The first kappa shape index (κ1) is 16.0. The SMILES string of the molecule is CCCCC(C(=O)Nc1cc(C)on1)N1CCC(CO)C1. The number of nitrogens with one attached hydrogen (secondary N) is 1. The van der Waals surface area contributed by atoms with Gasteiger partial charge in [0.25, 0.3) is 0 Å². The summed E-state index contributed by atoms with van der Waals surface area (Å²) in [4.78, 5) is 14.7. The molecule has 118 valence electrons. The third kappa shape index (κ3) is 4.28. The Labute approximate surface area is 125 Å². The highest BCUT2D eigenvalue weighted by molar-refractivity contribution is 5.94. The maximum Gasteiger partial charge on any atom is 0.242 e. The Balaban J connectivity index is 1.99. The van der Waals surface area contributed by atoms with Crippen molar-refractivity contribution in [2.75, 3.05) is 25.0 Å². The number of amides is 1. The number of aliphatic hydroxyl groups is 1. The van der Waals surface area contributed by atoms with Gasteiger partial charge in [-0.1, -0.05) is 24.9 Å². The van der Waals surface area contributed by atoms with E-state index in [0.717, 1.165) is 38.8 Å². The Morgan fingerprint density at radius 1 is 1.67 bits per heavy atom. The molecule has 2 unspecified atom stereocenters. The Hall–Kier alpha value is -1.40. The highest BCUT2D eigenvalue weighted by Gasteiger charge is 2.32. The van der Waals surface area contributed by atoms with Crippen LogP contribution < -0.4 is 5.32 Å². The highest BCUT2D eigenvalue weighted by atomic mass is 16.5. The van der Waals surface area contributed by atoms with E-state index < -0.39 is 0 Å². The molecule has 1 amide bonds. The number of hydrogen-bond donors (Lipinski definition) is 2. The fraction of sp³-hybridized carbons (Fsp3) is 0.733. The molecule has 0 aromatic carbocycles. The normalized spacial score (nSPS) is 20.6. The molecule has 6 heteroatoms. The average molecular weight is 295 g/mol. The first-order valence-electron chi connectivity index (χ1n) is 7.73. The molecule has 0 radical (unpaired) electrons. The Morgan fingerprint density at radius 2 is 2.48 bits per heavy atom. The maximum atomic E-state index is 12.5.